The van der Waals surface area contributed by atoms with Gasteiger partial charge < -0.3 is 15.2 Å². The summed E-state index contributed by atoms with van der Waals surface area (Å²) in [6, 6.07) is 9.50. The van der Waals surface area contributed by atoms with Gasteiger partial charge in [-0.3, -0.25) is 14.5 Å². The molecule has 0 aliphatic carbocycles. The summed E-state index contributed by atoms with van der Waals surface area (Å²) in [4.78, 5) is 24.7. The number of carbonyl (C=O) groups is 2. The lowest BCUT2D eigenvalue weighted by Gasteiger charge is -2.38. The molecule has 0 bridgehead atoms. The van der Waals surface area contributed by atoms with Gasteiger partial charge in [0.25, 0.3) is 0 Å². The van der Waals surface area contributed by atoms with Gasteiger partial charge in [-0.25, -0.2) is 0 Å². The van der Waals surface area contributed by atoms with Gasteiger partial charge in [0.2, 0.25) is 5.91 Å². The minimum atomic E-state index is -0.935. The highest BCUT2D eigenvalue weighted by Crippen LogP contribution is 2.34. The maximum Gasteiger partial charge on any atom is 0.320 e. The number of benzene rings is 1. The quantitative estimate of drug-likeness (QED) is 0.785. The van der Waals surface area contributed by atoms with Crippen molar-refractivity contribution in [2.24, 2.45) is 0 Å². The van der Waals surface area contributed by atoms with Gasteiger partial charge in [0.05, 0.1) is 6.54 Å². The molecule has 0 spiro atoms. The van der Waals surface area contributed by atoms with Crippen LogP contribution in [-0.4, -0.2) is 61.3 Å². The molecule has 1 fully saturated rings. The largest absolute Gasteiger partial charge is 0.480 e. The fourth-order valence-electron chi connectivity index (χ4n) is 3.00. The Labute approximate surface area is 142 Å². The fourth-order valence-corrected chi connectivity index (χ4v) is 3.00. The molecule has 0 aromatic heterocycles. The number of carboxylic acid groups (broad SMARTS) is 1. The molecule has 2 N–H and O–H groups in total. The number of hydrogen-bond acceptors (Lipinski definition) is 4. The van der Waals surface area contributed by atoms with Crippen LogP contribution in [0.15, 0.2) is 30.3 Å². The second-order valence-corrected chi connectivity index (χ2v) is 6.46. The van der Waals surface area contributed by atoms with Gasteiger partial charge >= 0.3 is 5.97 Å². The average Bonchev–Trinajstić information content (AvgIpc) is 2.60. The van der Waals surface area contributed by atoms with Crippen LogP contribution in [0.3, 0.4) is 0 Å². The predicted molar refractivity (Wildman–Crippen MR) is 90.9 cm³/mol. The molecular formula is C18H26N2O4. The highest BCUT2D eigenvalue weighted by Gasteiger charge is 2.34. The number of ether oxygens (including phenoxy) is 1. The third-order valence-electron chi connectivity index (χ3n) is 4.87. The van der Waals surface area contributed by atoms with Crippen LogP contribution in [0.25, 0.3) is 0 Å². The van der Waals surface area contributed by atoms with Gasteiger partial charge in [0.1, 0.15) is 6.04 Å². The van der Waals surface area contributed by atoms with E-state index in [0.717, 1.165) is 12.8 Å². The molecule has 1 atom stereocenters. The Morgan fingerprint density at radius 1 is 1.29 bits per heavy atom. The summed E-state index contributed by atoms with van der Waals surface area (Å²) in [5, 5.41) is 12.0. The van der Waals surface area contributed by atoms with E-state index in [0.29, 0.717) is 19.8 Å². The highest BCUT2D eigenvalue weighted by atomic mass is 16.5. The summed E-state index contributed by atoms with van der Waals surface area (Å²) in [6.07, 6.45) is 1.72. The molecule has 1 aromatic carbocycles. The first-order chi connectivity index (χ1) is 11.4. The number of nitrogens with one attached hydrogen (secondary N) is 1. The molecule has 0 saturated carbocycles. The summed E-state index contributed by atoms with van der Waals surface area (Å²) in [7, 11) is 1.64. The smallest absolute Gasteiger partial charge is 0.320 e. The Morgan fingerprint density at radius 2 is 1.92 bits per heavy atom. The zero-order valence-corrected chi connectivity index (χ0v) is 14.3. The lowest BCUT2D eigenvalue weighted by molar-refractivity contribution is -0.142. The number of nitrogens with zero attached hydrogens (tertiary/aromatic N) is 1. The molecule has 1 heterocycles. The predicted octanol–water partition coefficient (Wildman–Crippen LogP) is 1.26. The number of aliphatic carboxylic acids is 1. The van der Waals surface area contributed by atoms with E-state index in [4.69, 9.17) is 9.84 Å². The topological polar surface area (TPSA) is 78.9 Å². The lowest BCUT2D eigenvalue weighted by Crippen LogP contribution is -2.48. The van der Waals surface area contributed by atoms with Crippen LogP contribution in [0.5, 0.6) is 0 Å². The Balaban J connectivity index is 1.98. The van der Waals surface area contributed by atoms with Gasteiger partial charge in [-0.2, -0.15) is 0 Å². The molecule has 0 radical (unpaired) electrons. The highest BCUT2D eigenvalue weighted by molar-refractivity contribution is 5.79. The third-order valence-corrected chi connectivity index (χ3v) is 4.87. The van der Waals surface area contributed by atoms with Crippen LogP contribution in [-0.2, 0) is 19.7 Å². The number of amides is 1. The molecule has 6 heteroatoms. The van der Waals surface area contributed by atoms with E-state index in [9.17, 15) is 9.59 Å². The summed E-state index contributed by atoms with van der Waals surface area (Å²) in [6.45, 7) is 3.53. The van der Waals surface area contributed by atoms with E-state index in [1.165, 1.54) is 10.5 Å². The zero-order chi connectivity index (χ0) is 17.6. The van der Waals surface area contributed by atoms with Crippen LogP contribution in [0.1, 0.15) is 25.3 Å². The summed E-state index contributed by atoms with van der Waals surface area (Å²) in [5.74, 6) is -1.09. The number of carbonyl (C=O) groups excluding carboxylic acids is 1. The minimum absolute atomic E-state index is 0.0643. The third kappa shape index (κ3) is 4.55. The normalized spacial score (nSPS) is 18.1. The standard InChI is InChI=1S/C18H26N2O4/c1-14(17(22)23)20(2)12-16(21)19-13-18(8-10-24-11-9-18)15-6-4-3-5-7-15/h3-7,14H,8-13H2,1-2H3,(H,19,21)(H,22,23). The summed E-state index contributed by atoms with van der Waals surface area (Å²) < 4.78 is 5.49. The molecule has 6 nitrogen and oxygen atoms in total. The number of likely N-dealkylation sites (N-methyl/N-ethyl adjacent to an activating group) is 1. The number of hydrogen-bond donors (Lipinski definition) is 2. The van der Waals surface area contributed by atoms with Crippen molar-refractivity contribution in [3.8, 4) is 0 Å². The first kappa shape index (κ1) is 18.4. The molecule has 1 saturated heterocycles. The SMILES string of the molecule is CC(C(=O)O)N(C)CC(=O)NCC1(c2ccccc2)CCOCC1. The van der Waals surface area contributed by atoms with E-state index in [2.05, 4.69) is 17.4 Å². The van der Waals surface area contributed by atoms with Crippen LogP contribution >= 0.6 is 0 Å². The number of carboxylic acids is 1. The van der Waals surface area contributed by atoms with Crippen LogP contribution in [0.2, 0.25) is 0 Å². The maximum absolute atomic E-state index is 12.2. The van der Waals surface area contributed by atoms with Crippen molar-refractivity contribution >= 4 is 11.9 Å². The van der Waals surface area contributed by atoms with Gasteiger partial charge in [-0.15, -0.1) is 0 Å². The van der Waals surface area contributed by atoms with E-state index in [1.54, 1.807) is 14.0 Å². The van der Waals surface area contributed by atoms with Crippen molar-refractivity contribution in [1.29, 1.82) is 0 Å². The molecular weight excluding hydrogens is 308 g/mol. The molecule has 24 heavy (non-hydrogen) atoms. The molecule has 1 aromatic rings. The first-order valence-electron chi connectivity index (χ1n) is 8.28. The van der Waals surface area contributed by atoms with Crippen molar-refractivity contribution in [3.63, 3.8) is 0 Å². The Bertz CT molecular complexity index is 555. The van der Waals surface area contributed by atoms with Crippen molar-refractivity contribution in [1.82, 2.24) is 10.2 Å². The Morgan fingerprint density at radius 3 is 2.50 bits per heavy atom. The van der Waals surface area contributed by atoms with Crippen molar-refractivity contribution in [3.05, 3.63) is 35.9 Å². The second kappa shape index (κ2) is 8.26. The van der Waals surface area contributed by atoms with Crippen LogP contribution < -0.4 is 5.32 Å². The van der Waals surface area contributed by atoms with Gasteiger partial charge in [-0.05, 0) is 32.4 Å². The Hall–Kier alpha value is -1.92. The molecule has 132 valence electrons. The van der Waals surface area contributed by atoms with E-state index < -0.39 is 12.0 Å². The van der Waals surface area contributed by atoms with Crippen LogP contribution in [0.4, 0.5) is 0 Å². The second-order valence-electron chi connectivity index (χ2n) is 6.46. The van der Waals surface area contributed by atoms with Crippen molar-refractivity contribution in [2.45, 2.75) is 31.2 Å². The van der Waals surface area contributed by atoms with E-state index in [1.807, 2.05) is 18.2 Å². The van der Waals surface area contributed by atoms with Gasteiger partial charge in [0, 0.05) is 25.2 Å². The fraction of sp³-hybridized carbons (Fsp3) is 0.556. The monoisotopic (exact) mass is 334 g/mol. The van der Waals surface area contributed by atoms with E-state index >= 15 is 0 Å². The summed E-state index contributed by atoms with van der Waals surface area (Å²) in [5.41, 5.74) is 1.09. The van der Waals surface area contributed by atoms with Gasteiger partial charge in [0.15, 0.2) is 0 Å². The minimum Gasteiger partial charge on any atom is -0.480 e. The molecule has 2 rings (SSSR count). The molecule has 1 aliphatic heterocycles. The molecule has 1 unspecified atom stereocenters. The summed E-state index contributed by atoms with van der Waals surface area (Å²) >= 11 is 0. The Kier molecular flexibility index (Phi) is 6.34. The molecule has 1 amide bonds. The van der Waals surface area contributed by atoms with Crippen LogP contribution in [0, 0.1) is 0 Å². The molecule has 1 aliphatic rings. The van der Waals surface area contributed by atoms with Crippen molar-refractivity contribution < 1.29 is 19.4 Å². The lowest BCUT2D eigenvalue weighted by atomic mass is 9.74. The number of rotatable bonds is 7. The van der Waals surface area contributed by atoms with Gasteiger partial charge in [-0.1, -0.05) is 30.3 Å². The average molecular weight is 334 g/mol. The van der Waals surface area contributed by atoms with Crippen molar-refractivity contribution in [2.75, 3.05) is 33.4 Å². The van der Waals surface area contributed by atoms with E-state index in [-0.39, 0.29) is 17.9 Å². The maximum atomic E-state index is 12.2. The first-order valence-corrected chi connectivity index (χ1v) is 8.28. The zero-order valence-electron chi connectivity index (χ0n) is 14.3.